The van der Waals surface area contributed by atoms with E-state index in [0.717, 1.165) is 41.3 Å². The van der Waals surface area contributed by atoms with Crippen LogP contribution in [0.3, 0.4) is 0 Å². The topological polar surface area (TPSA) is 213 Å². The number of fused-ring (bicyclic) bond motifs is 3. The van der Waals surface area contributed by atoms with E-state index < -0.39 is 12.6 Å². The Labute approximate surface area is 387 Å². The van der Waals surface area contributed by atoms with Gasteiger partial charge in [-0.05, 0) is 78.9 Å². The molecule has 4 N–H and O–H groups in total. The van der Waals surface area contributed by atoms with Gasteiger partial charge in [-0.15, -0.1) is 0 Å². The standard InChI is InChI=1S/2C19H20N2O5.C11H13NO3/c1-24-16-7-5-15(6-8-16)20-19(23)21-9-10-26-17-11-13(18(22)25-2)3-4-14(17)12-21;1-25-16-6-4-15(5-7-16)20-19(24)21-8-9-26-18-10-13(17(23)12-22)2-3-14(18)11-21;1-14-11(13)8-2-3-9-7-12-4-5-15-10(9)6-8/h3-8,11H,9-10,12H2,1-2H3,(H,20,23);2-7,10,22H,8-9,11-12H2,1H3,(H,20,24);2-3,6,12H,4-5,7H2,1H3. The largest absolute Gasteiger partial charge is 0.497 e. The van der Waals surface area contributed by atoms with E-state index in [9.17, 15) is 24.0 Å². The van der Waals surface area contributed by atoms with Crippen molar-refractivity contribution in [1.82, 2.24) is 15.1 Å². The number of amides is 4. The normalized spacial score (nSPS) is 13.5. The van der Waals surface area contributed by atoms with Crippen molar-refractivity contribution < 1.29 is 62.2 Å². The minimum absolute atomic E-state index is 0.219. The van der Waals surface area contributed by atoms with E-state index in [1.54, 1.807) is 121 Å². The Hall–Kier alpha value is -7.83. The van der Waals surface area contributed by atoms with Gasteiger partial charge in [0.25, 0.3) is 0 Å². The van der Waals surface area contributed by atoms with Crippen LogP contribution in [0.1, 0.15) is 47.8 Å². The maximum atomic E-state index is 12.6. The van der Waals surface area contributed by atoms with Crippen molar-refractivity contribution in [2.75, 3.05) is 85.1 Å². The molecule has 352 valence electrons. The summed E-state index contributed by atoms with van der Waals surface area (Å²) in [6.45, 7) is 3.94. The van der Waals surface area contributed by atoms with Crippen LogP contribution in [0.4, 0.5) is 21.0 Å². The molecule has 0 unspecified atom stereocenters. The molecule has 0 fully saturated rings. The number of urea groups is 2. The van der Waals surface area contributed by atoms with Crippen LogP contribution in [0.15, 0.2) is 103 Å². The molecule has 3 aliphatic rings. The van der Waals surface area contributed by atoms with Crippen LogP contribution >= 0.6 is 0 Å². The first-order chi connectivity index (χ1) is 32.5. The van der Waals surface area contributed by atoms with E-state index in [2.05, 4.69) is 20.7 Å². The smallest absolute Gasteiger partial charge is 0.337 e. The number of hydrogen-bond acceptors (Lipinski definition) is 14. The minimum Gasteiger partial charge on any atom is -0.497 e. The van der Waals surface area contributed by atoms with Gasteiger partial charge in [-0.25, -0.2) is 19.2 Å². The van der Waals surface area contributed by atoms with Crippen molar-refractivity contribution >= 4 is 41.2 Å². The van der Waals surface area contributed by atoms with Gasteiger partial charge in [-0.3, -0.25) is 4.79 Å². The Bertz CT molecular complexity index is 2380. The van der Waals surface area contributed by atoms with E-state index in [1.165, 1.54) is 14.2 Å². The highest BCUT2D eigenvalue weighted by molar-refractivity contribution is 5.97. The summed E-state index contributed by atoms with van der Waals surface area (Å²) in [5, 5.41) is 17.9. The molecule has 18 nitrogen and oxygen atoms in total. The molecule has 0 atom stereocenters. The second kappa shape index (κ2) is 23.9. The summed E-state index contributed by atoms with van der Waals surface area (Å²) < 4.78 is 36.5. The second-order valence-electron chi connectivity index (χ2n) is 14.9. The maximum absolute atomic E-state index is 12.6. The zero-order chi connectivity index (χ0) is 47.7. The lowest BCUT2D eigenvalue weighted by atomic mass is 10.1. The van der Waals surface area contributed by atoms with E-state index in [4.69, 9.17) is 33.5 Å². The lowest BCUT2D eigenvalue weighted by Gasteiger charge is -2.20. The molecule has 4 amide bonds. The number of carbonyl (C=O) groups excluding carboxylic acids is 5. The summed E-state index contributed by atoms with van der Waals surface area (Å²) >= 11 is 0. The number of ketones is 1. The predicted molar refractivity (Wildman–Crippen MR) is 246 cm³/mol. The third-order valence-corrected chi connectivity index (χ3v) is 10.6. The fourth-order valence-electron chi connectivity index (χ4n) is 6.89. The van der Waals surface area contributed by atoms with Crippen molar-refractivity contribution in [2.24, 2.45) is 0 Å². The molecule has 5 aromatic rings. The lowest BCUT2D eigenvalue weighted by Crippen LogP contribution is -2.36. The highest BCUT2D eigenvalue weighted by Crippen LogP contribution is 2.28. The number of Topliss-reactive ketones (excluding diaryl/α,β-unsaturated/α-hetero) is 1. The zero-order valence-corrected chi connectivity index (χ0v) is 37.6. The molecule has 3 heterocycles. The van der Waals surface area contributed by atoms with Gasteiger partial charge in [-0.2, -0.15) is 0 Å². The summed E-state index contributed by atoms with van der Waals surface area (Å²) in [6.07, 6.45) is 0. The average molecular weight is 920 g/mol. The quantitative estimate of drug-likeness (QED) is 0.101. The van der Waals surface area contributed by atoms with Gasteiger partial charge in [0.15, 0.2) is 5.78 Å². The van der Waals surface area contributed by atoms with E-state index >= 15 is 0 Å². The van der Waals surface area contributed by atoms with E-state index in [-0.39, 0.29) is 23.8 Å². The molecule has 3 aliphatic heterocycles. The van der Waals surface area contributed by atoms with Gasteiger partial charge in [0.1, 0.15) is 55.2 Å². The van der Waals surface area contributed by atoms with E-state index in [1.807, 2.05) is 6.07 Å². The Kier molecular flexibility index (Phi) is 17.4. The summed E-state index contributed by atoms with van der Waals surface area (Å²) in [5.74, 6) is 2.23. The van der Waals surface area contributed by atoms with Gasteiger partial charge in [-0.1, -0.05) is 24.3 Å². The highest BCUT2D eigenvalue weighted by atomic mass is 16.5. The zero-order valence-electron chi connectivity index (χ0n) is 37.6. The Morgan fingerprint density at radius 3 is 1.43 bits per heavy atom. The number of esters is 2. The molecule has 0 saturated heterocycles. The third-order valence-electron chi connectivity index (χ3n) is 10.6. The molecule has 67 heavy (non-hydrogen) atoms. The second-order valence-corrected chi connectivity index (χ2v) is 14.9. The molecule has 5 aromatic carbocycles. The molecule has 0 radical (unpaired) electrons. The first-order valence-corrected chi connectivity index (χ1v) is 21.2. The predicted octanol–water partition coefficient (Wildman–Crippen LogP) is 6.16. The van der Waals surface area contributed by atoms with E-state index in [0.29, 0.717) is 91.3 Å². The van der Waals surface area contributed by atoms with Crippen LogP contribution in [0.25, 0.3) is 0 Å². The Morgan fingerprint density at radius 2 is 0.985 bits per heavy atom. The third kappa shape index (κ3) is 13.4. The molecule has 0 saturated carbocycles. The Morgan fingerprint density at radius 1 is 0.567 bits per heavy atom. The number of benzene rings is 5. The number of aliphatic hydroxyl groups is 1. The van der Waals surface area contributed by atoms with Crippen molar-refractivity contribution in [2.45, 2.75) is 19.6 Å². The SMILES string of the molecule is COC(=O)c1ccc2c(c1)OCCN(C(=O)Nc1ccc(OC)cc1)C2.COC(=O)c1ccc2c(c1)OCCNC2.COc1ccc(NC(=O)N2CCOc3cc(C(=O)CO)ccc3C2)cc1. The first kappa shape index (κ1) is 48.6. The average Bonchev–Trinajstić information content (AvgIpc) is 3.84. The molecular formula is C49H53N5O13. The number of carbonyl (C=O) groups is 5. The number of rotatable bonds is 8. The van der Waals surface area contributed by atoms with Crippen LogP contribution in [0.5, 0.6) is 28.7 Å². The number of hydrogen-bond donors (Lipinski definition) is 4. The first-order valence-electron chi connectivity index (χ1n) is 21.2. The fourth-order valence-corrected chi connectivity index (χ4v) is 6.89. The number of nitrogens with one attached hydrogen (secondary N) is 3. The number of ether oxygens (including phenoxy) is 7. The molecule has 0 spiro atoms. The van der Waals surface area contributed by atoms with Crippen LogP contribution < -0.4 is 39.6 Å². The van der Waals surface area contributed by atoms with Crippen molar-refractivity contribution in [3.63, 3.8) is 0 Å². The molecule has 8 rings (SSSR count). The number of nitrogens with zero attached hydrogens (tertiary/aromatic N) is 2. The van der Waals surface area contributed by atoms with Crippen LogP contribution in [0, 0.1) is 0 Å². The lowest BCUT2D eigenvalue weighted by molar-refractivity contribution is 0.0591. The fraction of sp³-hybridized carbons (Fsp3) is 0.286. The molecule has 18 heteroatoms. The van der Waals surface area contributed by atoms with Crippen molar-refractivity contribution in [3.05, 3.63) is 137 Å². The molecule has 0 aromatic heterocycles. The molecule has 0 bridgehead atoms. The highest BCUT2D eigenvalue weighted by Gasteiger charge is 2.23. The molecule has 0 aliphatic carbocycles. The van der Waals surface area contributed by atoms with Crippen LogP contribution in [0.2, 0.25) is 0 Å². The number of anilines is 2. The van der Waals surface area contributed by atoms with Crippen LogP contribution in [-0.4, -0.2) is 119 Å². The summed E-state index contributed by atoms with van der Waals surface area (Å²) in [5.41, 5.74) is 5.40. The number of aliphatic hydroxyl groups excluding tert-OH is 1. The van der Waals surface area contributed by atoms with Crippen LogP contribution in [-0.2, 0) is 29.1 Å². The summed E-state index contributed by atoms with van der Waals surface area (Å²) in [7, 11) is 5.88. The summed E-state index contributed by atoms with van der Waals surface area (Å²) in [4.78, 5) is 63.0. The van der Waals surface area contributed by atoms with Gasteiger partial charge in [0.2, 0.25) is 0 Å². The molecular weight excluding hydrogens is 867 g/mol. The van der Waals surface area contributed by atoms with Crippen molar-refractivity contribution in [1.29, 1.82) is 0 Å². The maximum Gasteiger partial charge on any atom is 0.337 e. The van der Waals surface area contributed by atoms with Gasteiger partial charge < -0.3 is 64.0 Å². The Balaban J connectivity index is 0.000000172. The van der Waals surface area contributed by atoms with Gasteiger partial charge in [0, 0.05) is 46.7 Å². The summed E-state index contributed by atoms with van der Waals surface area (Å²) in [6, 6.07) is 29.2. The number of methoxy groups -OCH3 is 4. The minimum atomic E-state index is -0.546. The van der Waals surface area contributed by atoms with Gasteiger partial charge in [0.05, 0.1) is 65.7 Å². The van der Waals surface area contributed by atoms with Crippen molar-refractivity contribution in [3.8, 4) is 28.7 Å². The van der Waals surface area contributed by atoms with Gasteiger partial charge >= 0.3 is 24.0 Å². The monoisotopic (exact) mass is 919 g/mol.